The van der Waals surface area contributed by atoms with Gasteiger partial charge >= 0.3 is 0 Å². The molecule has 0 spiro atoms. The minimum atomic E-state index is -0.899. The number of aromatic nitrogens is 4. The number of aryl methyl sites for hydroxylation is 2. The molecule has 2 aliphatic rings. The first kappa shape index (κ1) is 28.6. The van der Waals surface area contributed by atoms with Gasteiger partial charge in [0, 0.05) is 11.7 Å². The third-order valence-electron chi connectivity index (χ3n) is 8.48. The maximum Gasteiger partial charge on any atom is 0.251 e. The summed E-state index contributed by atoms with van der Waals surface area (Å²) >= 11 is 0. The van der Waals surface area contributed by atoms with E-state index in [9.17, 15) is 9.59 Å². The Kier molecular flexibility index (Phi) is 8.53. The second-order valence-corrected chi connectivity index (χ2v) is 11.5. The number of furan rings is 1. The highest BCUT2D eigenvalue weighted by molar-refractivity contribution is 6.02. The zero-order valence-electron chi connectivity index (χ0n) is 24.8. The number of carbonyl (C=O) groups excluding carboxylic acids is 2. The summed E-state index contributed by atoms with van der Waals surface area (Å²) in [5.74, 6) is 1.68. The van der Waals surface area contributed by atoms with Crippen LogP contribution in [-0.4, -0.2) is 45.2 Å². The van der Waals surface area contributed by atoms with Crippen LogP contribution in [0.3, 0.4) is 0 Å². The number of benzene rings is 2. The maximum atomic E-state index is 14.5. The molecule has 0 aliphatic heterocycles. The predicted octanol–water partition coefficient (Wildman–Crippen LogP) is 5.35. The molecule has 0 bridgehead atoms. The van der Waals surface area contributed by atoms with Crippen LogP contribution in [0.5, 0.6) is 5.75 Å². The molecule has 0 radical (unpaired) electrons. The van der Waals surface area contributed by atoms with Gasteiger partial charge in [0.05, 0.1) is 7.11 Å². The Morgan fingerprint density at radius 2 is 1.81 bits per heavy atom. The van der Waals surface area contributed by atoms with Crippen LogP contribution >= 0.6 is 0 Å². The van der Waals surface area contributed by atoms with Crippen molar-refractivity contribution in [3.05, 3.63) is 77.0 Å². The second kappa shape index (κ2) is 12.8. The average molecular weight is 583 g/mol. The van der Waals surface area contributed by atoms with Crippen molar-refractivity contribution in [3.63, 3.8) is 0 Å². The van der Waals surface area contributed by atoms with Crippen molar-refractivity contribution in [2.45, 2.75) is 83.3 Å². The highest BCUT2D eigenvalue weighted by Crippen LogP contribution is 2.36. The Balaban J connectivity index is 1.41. The van der Waals surface area contributed by atoms with E-state index in [0.717, 1.165) is 68.4 Å². The molecule has 4 aromatic rings. The molecular formula is C33H38N6O4. The Labute approximate surface area is 251 Å². The van der Waals surface area contributed by atoms with Crippen LogP contribution in [0.4, 0.5) is 5.69 Å². The van der Waals surface area contributed by atoms with E-state index in [1.165, 1.54) is 16.8 Å². The van der Waals surface area contributed by atoms with Gasteiger partial charge in [0.2, 0.25) is 11.7 Å². The van der Waals surface area contributed by atoms with E-state index in [0.29, 0.717) is 22.9 Å². The van der Waals surface area contributed by atoms with E-state index in [1.807, 2.05) is 49.4 Å². The van der Waals surface area contributed by atoms with Crippen molar-refractivity contribution in [3.8, 4) is 17.3 Å². The zero-order valence-corrected chi connectivity index (χ0v) is 24.8. The summed E-state index contributed by atoms with van der Waals surface area (Å²) < 4.78 is 11.1. The van der Waals surface area contributed by atoms with Gasteiger partial charge in [-0.1, -0.05) is 43.5 Å². The van der Waals surface area contributed by atoms with Crippen LogP contribution in [0.15, 0.2) is 59.0 Å². The van der Waals surface area contributed by atoms with Crippen molar-refractivity contribution in [2.24, 2.45) is 0 Å². The van der Waals surface area contributed by atoms with Crippen LogP contribution in [-0.2, 0) is 29.0 Å². The molecule has 10 heteroatoms. The molecular weight excluding hydrogens is 544 g/mol. The van der Waals surface area contributed by atoms with Gasteiger partial charge in [-0.15, -0.1) is 10.2 Å². The van der Waals surface area contributed by atoms with Crippen LogP contribution in [0.1, 0.15) is 73.4 Å². The molecule has 6 rings (SSSR count). The zero-order chi connectivity index (χ0) is 29.8. The van der Waals surface area contributed by atoms with Crippen molar-refractivity contribution < 1.29 is 18.7 Å². The molecule has 1 saturated carbocycles. The largest absolute Gasteiger partial charge is 0.497 e. The molecule has 0 unspecified atom stereocenters. The van der Waals surface area contributed by atoms with Gasteiger partial charge in [0.25, 0.3) is 5.91 Å². The Morgan fingerprint density at radius 3 is 2.56 bits per heavy atom. The standard InChI is InChI=1S/C33H38N6O4/c1-22-15-20-29(43-22)32-35-37-38(36-32)21-30(40)39(28-14-8-10-23-9-6-7-13-27(23)28)31(24-16-18-26(42-2)19-17-24)33(41)34-25-11-4-3-5-12-25/h8,10,14-20,25,31H,3-7,9,11-13,21H2,1-2H3,(H,34,41)/t31-/m0/s1. The number of fused-ring (bicyclic) bond motifs is 1. The SMILES string of the molecule is COc1ccc([C@@H](C(=O)NC2CCCCC2)N(C(=O)Cn2nnc(-c3ccc(C)o3)n2)c2cccc3c2CCCC3)cc1. The molecule has 10 nitrogen and oxygen atoms in total. The summed E-state index contributed by atoms with van der Waals surface area (Å²) in [6, 6.07) is 16.2. The third kappa shape index (κ3) is 6.33. The lowest BCUT2D eigenvalue weighted by Crippen LogP contribution is -2.48. The van der Waals surface area contributed by atoms with Crippen molar-refractivity contribution >= 4 is 17.5 Å². The summed E-state index contributed by atoms with van der Waals surface area (Å²) in [7, 11) is 1.61. The average Bonchev–Trinajstić information content (AvgIpc) is 3.69. The summed E-state index contributed by atoms with van der Waals surface area (Å²) in [4.78, 5) is 31.7. The fraction of sp³-hybridized carbons (Fsp3) is 0.424. The molecule has 1 atom stereocenters. The van der Waals surface area contributed by atoms with Gasteiger partial charge in [-0.2, -0.15) is 4.80 Å². The normalized spacial score (nSPS) is 15.9. The summed E-state index contributed by atoms with van der Waals surface area (Å²) in [6.45, 7) is 1.65. The highest BCUT2D eigenvalue weighted by atomic mass is 16.5. The second-order valence-electron chi connectivity index (χ2n) is 11.5. The van der Waals surface area contributed by atoms with Crippen molar-refractivity contribution in [1.29, 1.82) is 0 Å². The lowest BCUT2D eigenvalue weighted by Gasteiger charge is -2.35. The number of ether oxygens (including phenoxy) is 1. The number of methoxy groups -OCH3 is 1. The molecule has 2 heterocycles. The Bertz CT molecular complexity index is 1570. The first-order chi connectivity index (χ1) is 21.0. The monoisotopic (exact) mass is 582 g/mol. The molecule has 2 aliphatic carbocycles. The minimum Gasteiger partial charge on any atom is -0.497 e. The van der Waals surface area contributed by atoms with Crippen LogP contribution in [0.25, 0.3) is 11.6 Å². The lowest BCUT2D eigenvalue weighted by atomic mass is 9.89. The van der Waals surface area contributed by atoms with Gasteiger partial charge in [-0.3, -0.25) is 14.5 Å². The minimum absolute atomic E-state index is 0.0833. The first-order valence-corrected chi connectivity index (χ1v) is 15.2. The number of anilines is 1. The van der Waals surface area contributed by atoms with Gasteiger partial charge < -0.3 is 14.5 Å². The Hall–Kier alpha value is -4.47. The highest BCUT2D eigenvalue weighted by Gasteiger charge is 2.36. The molecule has 2 aromatic carbocycles. The van der Waals surface area contributed by atoms with Crippen molar-refractivity contribution in [2.75, 3.05) is 12.0 Å². The molecule has 224 valence electrons. The molecule has 1 N–H and O–H groups in total. The van der Waals surface area contributed by atoms with E-state index < -0.39 is 6.04 Å². The van der Waals surface area contributed by atoms with Crippen LogP contribution in [0, 0.1) is 6.92 Å². The maximum absolute atomic E-state index is 14.5. The topological polar surface area (TPSA) is 115 Å². The molecule has 0 saturated heterocycles. The number of amides is 2. The third-order valence-corrected chi connectivity index (χ3v) is 8.48. The first-order valence-electron chi connectivity index (χ1n) is 15.2. The number of nitrogens with one attached hydrogen (secondary N) is 1. The van der Waals surface area contributed by atoms with Crippen LogP contribution in [0.2, 0.25) is 0 Å². The molecule has 2 aromatic heterocycles. The molecule has 1 fully saturated rings. The van der Waals surface area contributed by atoms with Gasteiger partial charge in [-0.25, -0.2) is 0 Å². The number of tetrazole rings is 1. The summed E-state index contributed by atoms with van der Waals surface area (Å²) in [6.07, 6.45) is 9.16. The molecule has 2 amide bonds. The molecule has 43 heavy (non-hydrogen) atoms. The van der Waals surface area contributed by atoms with Gasteiger partial charge in [0.15, 0.2) is 5.76 Å². The van der Waals surface area contributed by atoms with E-state index in [-0.39, 0.29) is 24.4 Å². The summed E-state index contributed by atoms with van der Waals surface area (Å²) in [5, 5.41) is 16.0. The van der Waals surface area contributed by atoms with E-state index in [2.05, 4.69) is 26.8 Å². The lowest BCUT2D eigenvalue weighted by molar-refractivity contribution is -0.127. The van der Waals surface area contributed by atoms with E-state index >= 15 is 0 Å². The fourth-order valence-corrected chi connectivity index (χ4v) is 6.30. The predicted molar refractivity (Wildman–Crippen MR) is 162 cm³/mol. The Morgan fingerprint density at radius 1 is 1.02 bits per heavy atom. The van der Waals surface area contributed by atoms with Gasteiger partial charge in [-0.05, 0) is 97.7 Å². The summed E-state index contributed by atoms with van der Waals surface area (Å²) in [5.41, 5.74) is 3.79. The van der Waals surface area contributed by atoms with E-state index in [4.69, 9.17) is 9.15 Å². The number of carbonyl (C=O) groups is 2. The van der Waals surface area contributed by atoms with Gasteiger partial charge in [0.1, 0.15) is 24.1 Å². The van der Waals surface area contributed by atoms with Crippen molar-refractivity contribution in [1.82, 2.24) is 25.5 Å². The smallest absolute Gasteiger partial charge is 0.251 e. The number of hydrogen-bond acceptors (Lipinski definition) is 7. The number of nitrogens with zero attached hydrogens (tertiary/aromatic N) is 5. The number of rotatable bonds is 9. The van der Waals surface area contributed by atoms with Crippen LogP contribution < -0.4 is 15.0 Å². The van der Waals surface area contributed by atoms with E-state index in [1.54, 1.807) is 18.1 Å². The quantitative estimate of drug-likeness (QED) is 0.283. The fourth-order valence-electron chi connectivity index (χ4n) is 6.30. The number of hydrogen-bond donors (Lipinski definition) is 1.